The Kier molecular flexibility index (Phi) is 5.30. The van der Waals surface area contributed by atoms with Crippen LogP contribution in [-0.2, 0) is 12.6 Å². The van der Waals surface area contributed by atoms with Crippen LogP contribution >= 0.6 is 0 Å². The maximum absolute atomic E-state index is 13.2. The van der Waals surface area contributed by atoms with Crippen LogP contribution < -0.4 is 0 Å². The summed E-state index contributed by atoms with van der Waals surface area (Å²) < 4.78 is 39.5. The van der Waals surface area contributed by atoms with Crippen LogP contribution in [0.15, 0.2) is 48.5 Å². The predicted molar refractivity (Wildman–Crippen MR) is 109 cm³/mol. The van der Waals surface area contributed by atoms with E-state index in [-0.39, 0.29) is 0 Å². The van der Waals surface area contributed by atoms with Gasteiger partial charge in [-0.1, -0.05) is 30.3 Å². The summed E-state index contributed by atoms with van der Waals surface area (Å²) >= 11 is 0. The van der Waals surface area contributed by atoms with Gasteiger partial charge in [0.2, 0.25) is 0 Å². The maximum atomic E-state index is 13.2. The molecule has 1 aliphatic heterocycles. The van der Waals surface area contributed by atoms with Gasteiger partial charge < -0.3 is 9.80 Å². The summed E-state index contributed by atoms with van der Waals surface area (Å²) in [5.74, 6) is 0. The van der Waals surface area contributed by atoms with Gasteiger partial charge >= 0.3 is 6.18 Å². The number of hydrogen-bond donors (Lipinski definition) is 0. The Bertz CT molecular complexity index is 973. The number of alkyl halides is 3. The fraction of sp³-hybridized carbons (Fsp3) is 0.391. The van der Waals surface area contributed by atoms with E-state index in [2.05, 4.69) is 22.9 Å². The third-order valence-electron chi connectivity index (χ3n) is 5.80. The molecule has 1 fully saturated rings. The number of fused-ring (bicyclic) bond motifs is 2. The second-order valence-electron chi connectivity index (χ2n) is 7.76. The Morgan fingerprint density at radius 2 is 1.57 bits per heavy atom. The number of likely N-dealkylation sites (N-methyl/N-ethyl adjacent to an activating group) is 1. The van der Waals surface area contributed by atoms with E-state index in [1.54, 1.807) is 6.07 Å². The van der Waals surface area contributed by atoms with Crippen molar-refractivity contribution in [2.75, 3.05) is 39.8 Å². The summed E-state index contributed by atoms with van der Waals surface area (Å²) in [5, 5.41) is 3.75. The normalized spacial score (nSPS) is 16.9. The molecule has 5 heteroatoms. The summed E-state index contributed by atoms with van der Waals surface area (Å²) in [6.07, 6.45) is -2.44. The van der Waals surface area contributed by atoms with Crippen molar-refractivity contribution in [3.63, 3.8) is 0 Å². The van der Waals surface area contributed by atoms with Crippen LogP contribution in [0.3, 0.4) is 0 Å². The lowest BCUT2D eigenvalue weighted by atomic mass is 9.93. The quantitative estimate of drug-likeness (QED) is 0.569. The second kappa shape index (κ2) is 7.72. The zero-order valence-corrected chi connectivity index (χ0v) is 16.1. The van der Waals surface area contributed by atoms with Crippen LogP contribution in [-0.4, -0.2) is 49.6 Å². The highest BCUT2D eigenvalue weighted by atomic mass is 19.4. The SMILES string of the molecule is CN1CCN(CCCc2c3ccccc3cc3cc(C(F)(F)F)ccc23)CC1. The van der Waals surface area contributed by atoms with E-state index < -0.39 is 11.7 Å². The molecular formula is C23H25F3N2. The van der Waals surface area contributed by atoms with Gasteiger partial charge in [-0.3, -0.25) is 0 Å². The highest BCUT2D eigenvalue weighted by Crippen LogP contribution is 2.35. The summed E-state index contributed by atoms with van der Waals surface area (Å²) in [7, 11) is 2.15. The monoisotopic (exact) mass is 386 g/mol. The van der Waals surface area contributed by atoms with E-state index in [1.165, 1.54) is 12.1 Å². The van der Waals surface area contributed by atoms with E-state index >= 15 is 0 Å². The Morgan fingerprint density at radius 3 is 2.32 bits per heavy atom. The van der Waals surface area contributed by atoms with E-state index in [4.69, 9.17) is 0 Å². The van der Waals surface area contributed by atoms with Crippen molar-refractivity contribution in [2.24, 2.45) is 0 Å². The molecule has 1 saturated heterocycles. The van der Waals surface area contributed by atoms with Crippen LogP contribution in [0.1, 0.15) is 17.5 Å². The Labute approximate surface area is 163 Å². The fourth-order valence-electron chi connectivity index (χ4n) is 4.16. The molecule has 1 aliphatic rings. The standard InChI is InChI=1S/C23H25F3N2/c1-27-11-13-28(14-12-27)10-4-7-22-20-6-3-2-5-17(20)15-18-16-19(23(24,25)26)8-9-21(18)22/h2-3,5-6,8-9,15-16H,4,7,10-14H2,1H3. The van der Waals surface area contributed by atoms with Crippen LogP contribution in [0.5, 0.6) is 0 Å². The minimum atomic E-state index is -4.32. The van der Waals surface area contributed by atoms with Crippen LogP contribution in [0.2, 0.25) is 0 Å². The zero-order valence-electron chi connectivity index (χ0n) is 16.1. The molecule has 0 unspecified atom stereocenters. The molecule has 28 heavy (non-hydrogen) atoms. The van der Waals surface area contributed by atoms with E-state index in [9.17, 15) is 13.2 Å². The summed E-state index contributed by atoms with van der Waals surface area (Å²) in [6.45, 7) is 5.39. The van der Waals surface area contributed by atoms with Gasteiger partial charge in [-0.25, -0.2) is 0 Å². The van der Waals surface area contributed by atoms with Gasteiger partial charge in [-0.05, 0) is 71.7 Å². The van der Waals surface area contributed by atoms with Gasteiger partial charge in [0.25, 0.3) is 0 Å². The third-order valence-corrected chi connectivity index (χ3v) is 5.80. The minimum absolute atomic E-state index is 0.585. The molecule has 0 amide bonds. The van der Waals surface area contributed by atoms with Crippen molar-refractivity contribution in [1.29, 1.82) is 0 Å². The highest BCUT2D eigenvalue weighted by molar-refractivity contribution is 6.02. The van der Waals surface area contributed by atoms with Crippen molar-refractivity contribution in [1.82, 2.24) is 9.80 Å². The van der Waals surface area contributed by atoms with Crippen LogP contribution in [0, 0.1) is 0 Å². The Balaban J connectivity index is 1.64. The topological polar surface area (TPSA) is 6.48 Å². The molecule has 2 nitrogen and oxygen atoms in total. The lowest BCUT2D eigenvalue weighted by Crippen LogP contribution is -2.44. The minimum Gasteiger partial charge on any atom is -0.304 e. The third kappa shape index (κ3) is 4.01. The number of aryl methyl sites for hydroxylation is 1. The predicted octanol–water partition coefficient (Wildman–Crippen LogP) is 5.19. The molecule has 1 heterocycles. The lowest BCUT2D eigenvalue weighted by molar-refractivity contribution is -0.137. The summed E-state index contributed by atoms with van der Waals surface area (Å²) in [6, 6.07) is 14.0. The molecule has 0 radical (unpaired) electrons. The van der Waals surface area contributed by atoms with Gasteiger partial charge in [0.15, 0.2) is 0 Å². The van der Waals surface area contributed by atoms with Crippen LogP contribution in [0.4, 0.5) is 13.2 Å². The first kappa shape index (κ1) is 19.2. The van der Waals surface area contributed by atoms with Gasteiger partial charge in [-0.15, -0.1) is 0 Å². The molecule has 0 aliphatic carbocycles. The molecule has 3 aromatic rings. The molecule has 0 N–H and O–H groups in total. The molecule has 148 valence electrons. The molecule has 3 aromatic carbocycles. The van der Waals surface area contributed by atoms with Crippen molar-refractivity contribution in [2.45, 2.75) is 19.0 Å². The van der Waals surface area contributed by atoms with Crippen molar-refractivity contribution in [3.05, 3.63) is 59.7 Å². The first-order chi connectivity index (χ1) is 13.4. The largest absolute Gasteiger partial charge is 0.416 e. The summed E-state index contributed by atoms with van der Waals surface area (Å²) in [5.41, 5.74) is 0.578. The molecule has 0 spiro atoms. The number of hydrogen-bond acceptors (Lipinski definition) is 2. The second-order valence-corrected chi connectivity index (χ2v) is 7.76. The molecular weight excluding hydrogens is 361 g/mol. The smallest absolute Gasteiger partial charge is 0.304 e. The molecule has 0 bridgehead atoms. The van der Waals surface area contributed by atoms with Crippen LogP contribution in [0.25, 0.3) is 21.5 Å². The molecule has 0 saturated carbocycles. The molecule has 4 rings (SSSR count). The van der Waals surface area contributed by atoms with Crippen molar-refractivity contribution >= 4 is 21.5 Å². The van der Waals surface area contributed by atoms with E-state index in [0.29, 0.717) is 5.39 Å². The first-order valence-corrected chi connectivity index (χ1v) is 9.84. The molecule has 0 atom stereocenters. The van der Waals surface area contributed by atoms with Gasteiger partial charge in [0.05, 0.1) is 5.56 Å². The Hall–Kier alpha value is -2.11. The summed E-state index contributed by atoms with van der Waals surface area (Å²) in [4.78, 5) is 4.82. The highest BCUT2D eigenvalue weighted by Gasteiger charge is 2.30. The number of nitrogens with zero attached hydrogens (tertiary/aromatic N) is 2. The van der Waals surface area contributed by atoms with Gasteiger partial charge in [0, 0.05) is 26.2 Å². The molecule has 0 aromatic heterocycles. The van der Waals surface area contributed by atoms with Gasteiger partial charge in [0.1, 0.15) is 0 Å². The van der Waals surface area contributed by atoms with E-state index in [1.807, 2.05) is 24.3 Å². The Morgan fingerprint density at radius 1 is 0.857 bits per heavy atom. The van der Waals surface area contributed by atoms with Crippen molar-refractivity contribution < 1.29 is 13.2 Å². The number of rotatable bonds is 4. The van der Waals surface area contributed by atoms with E-state index in [0.717, 1.165) is 67.3 Å². The number of halogens is 3. The zero-order chi connectivity index (χ0) is 19.7. The maximum Gasteiger partial charge on any atom is 0.416 e. The fourth-order valence-corrected chi connectivity index (χ4v) is 4.16. The number of benzene rings is 3. The first-order valence-electron chi connectivity index (χ1n) is 9.84. The number of piperazine rings is 1. The average molecular weight is 386 g/mol. The average Bonchev–Trinajstić information content (AvgIpc) is 2.67. The van der Waals surface area contributed by atoms with Crippen molar-refractivity contribution in [3.8, 4) is 0 Å². The lowest BCUT2D eigenvalue weighted by Gasteiger charge is -2.32. The van der Waals surface area contributed by atoms with Gasteiger partial charge in [-0.2, -0.15) is 13.2 Å².